The Hall–Kier alpha value is -2.33. The SMILES string of the molecule is CC=C(C)CN1CCOc2c(O)cc(-c3cccnc3)cc2C1. The molecule has 1 aliphatic heterocycles. The molecule has 0 bridgehead atoms. The predicted molar refractivity (Wildman–Crippen MR) is 91.5 cm³/mol. The van der Waals surface area contributed by atoms with Gasteiger partial charge in [-0.1, -0.05) is 17.7 Å². The molecular weight excluding hydrogens is 288 g/mol. The highest BCUT2D eigenvalue weighted by atomic mass is 16.5. The van der Waals surface area contributed by atoms with Crippen molar-refractivity contribution in [1.29, 1.82) is 0 Å². The molecular formula is C19H22N2O2. The number of pyridine rings is 1. The first kappa shape index (κ1) is 15.6. The lowest BCUT2D eigenvalue weighted by atomic mass is 10.0. The van der Waals surface area contributed by atoms with Crippen molar-refractivity contribution in [1.82, 2.24) is 9.88 Å². The summed E-state index contributed by atoms with van der Waals surface area (Å²) in [6.07, 6.45) is 5.69. The molecule has 23 heavy (non-hydrogen) atoms. The van der Waals surface area contributed by atoms with Crippen molar-refractivity contribution >= 4 is 0 Å². The van der Waals surface area contributed by atoms with Gasteiger partial charge in [-0.25, -0.2) is 0 Å². The number of allylic oxidation sites excluding steroid dienone is 1. The molecule has 120 valence electrons. The molecule has 1 aromatic heterocycles. The molecule has 0 saturated carbocycles. The molecule has 2 heterocycles. The number of hydrogen-bond acceptors (Lipinski definition) is 4. The maximum atomic E-state index is 10.4. The van der Waals surface area contributed by atoms with Gasteiger partial charge in [-0.3, -0.25) is 9.88 Å². The van der Waals surface area contributed by atoms with Gasteiger partial charge in [0.1, 0.15) is 6.61 Å². The van der Waals surface area contributed by atoms with Gasteiger partial charge >= 0.3 is 0 Å². The predicted octanol–water partition coefficient (Wildman–Crippen LogP) is 3.61. The first-order valence-corrected chi connectivity index (χ1v) is 7.90. The van der Waals surface area contributed by atoms with E-state index in [0.717, 1.165) is 36.3 Å². The highest BCUT2D eigenvalue weighted by Crippen LogP contribution is 2.37. The van der Waals surface area contributed by atoms with Crippen molar-refractivity contribution < 1.29 is 9.84 Å². The Labute approximate surface area is 137 Å². The Balaban J connectivity index is 1.94. The quantitative estimate of drug-likeness (QED) is 0.880. The average molecular weight is 310 g/mol. The minimum Gasteiger partial charge on any atom is -0.504 e. The normalized spacial score (nSPS) is 15.7. The molecule has 0 fully saturated rings. The fraction of sp³-hybridized carbons (Fsp3) is 0.316. The van der Waals surface area contributed by atoms with Crippen LogP contribution in [0.2, 0.25) is 0 Å². The number of ether oxygens (including phenoxy) is 1. The minimum absolute atomic E-state index is 0.200. The van der Waals surface area contributed by atoms with Crippen molar-refractivity contribution in [3.63, 3.8) is 0 Å². The fourth-order valence-electron chi connectivity index (χ4n) is 2.83. The summed E-state index contributed by atoms with van der Waals surface area (Å²) in [6, 6.07) is 7.74. The molecule has 0 saturated heterocycles. The standard InChI is InChI=1S/C19H22N2O2/c1-3-14(2)12-21-7-8-23-19-17(13-21)9-16(10-18(19)22)15-5-4-6-20-11-15/h3-6,9-11,22H,7-8,12-13H2,1-2H3. The summed E-state index contributed by atoms with van der Waals surface area (Å²) in [7, 11) is 0. The molecule has 1 aliphatic rings. The van der Waals surface area contributed by atoms with Crippen molar-refractivity contribution in [2.75, 3.05) is 19.7 Å². The van der Waals surface area contributed by atoms with Gasteiger partial charge in [0.05, 0.1) is 0 Å². The van der Waals surface area contributed by atoms with E-state index in [-0.39, 0.29) is 5.75 Å². The maximum absolute atomic E-state index is 10.4. The van der Waals surface area contributed by atoms with Crippen molar-refractivity contribution in [2.24, 2.45) is 0 Å². The lowest BCUT2D eigenvalue weighted by Crippen LogP contribution is -2.27. The van der Waals surface area contributed by atoms with E-state index in [2.05, 4.69) is 35.9 Å². The van der Waals surface area contributed by atoms with Crippen LogP contribution >= 0.6 is 0 Å². The van der Waals surface area contributed by atoms with Gasteiger partial charge in [-0.2, -0.15) is 0 Å². The van der Waals surface area contributed by atoms with Crippen LogP contribution in [0, 0.1) is 0 Å². The molecule has 1 aromatic carbocycles. The third kappa shape index (κ3) is 3.54. The fourth-order valence-corrected chi connectivity index (χ4v) is 2.83. The van der Waals surface area contributed by atoms with Crippen molar-refractivity contribution in [3.8, 4) is 22.6 Å². The van der Waals surface area contributed by atoms with E-state index in [1.165, 1.54) is 5.57 Å². The molecule has 4 heteroatoms. The van der Waals surface area contributed by atoms with Crippen molar-refractivity contribution in [3.05, 3.63) is 53.9 Å². The number of nitrogens with zero attached hydrogens (tertiary/aromatic N) is 2. The Morgan fingerprint density at radius 1 is 1.39 bits per heavy atom. The number of phenols is 1. The Morgan fingerprint density at radius 2 is 2.26 bits per heavy atom. The highest BCUT2D eigenvalue weighted by Gasteiger charge is 2.19. The summed E-state index contributed by atoms with van der Waals surface area (Å²) < 4.78 is 5.79. The number of rotatable bonds is 3. The van der Waals surface area contributed by atoms with Gasteiger partial charge in [0.2, 0.25) is 0 Å². The summed E-state index contributed by atoms with van der Waals surface area (Å²) in [5.41, 5.74) is 4.31. The summed E-state index contributed by atoms with van der Waals surface area (Å²) >= 11 is 0. The van der Waals surface area contributed by atoms with Gasteiger partial charge in [0.15, 0.2) is 11.5 Å². The molecule has 1 N–H and O–H groups in total. The van der Waals surface area contributed by atoms with E-state index < -0.39 is 0 Å². The number of phenolic OH excluding ortho intramolecular Hbond substituents is 1. The van der Waals surface area contributed by atoms with Crippen LogP contribution in [-0.2, 0) is 6.54 Å². The number of benzene rings is 1. The van der Waals surface area contributed by atoms with Crippen LogP contribution in [-0.4, -0.2) is 34.7 Å². The number of hydrogen-bond donors (Lipinski definition) is 1. The minimum atomic E-state index is 0.200. The van der Waals surface area contributed by atoms with Crippen LogP contribution in [0.4, 0.5) is 0 Å². The molecule has 0 amide bonds. The number of fused-ring (bicyclic) bond motifs is 1. The average Bonchev–Trinajstić information content (AvgIpc) is 2.77. The summed E-state index contributed by atoms with van der Waals surface area (Å²) in [4.78, 5) is 6.50. The van der Waals surface area contributed by atoms with Crippen LogP contribution in [0.15, 0.2) is 48.3 Å². The van der Waals surface area contributed by atoms with Gasteiger partial charge in [0, 0.05) is 43.2 Å². The first-order chi connectivity index (χ1) is 11.2. The van der Waals surface area contributed by atoms with Gasteiger partial charge < -0.3 is 9.84 Å². The van der Waals surface area contributed by atoms with E-state index in [9.17, 15) is 5.11 Å². The Morgan fingerprint density at radius 3 is 3.00 bits per heavy atom. The molecule has 0 spiro atoms. The second-order valence-electron chi connectivity index (χ2n) is 5.92. The van der Waals surface area contributed by atoms with Crippen LogP contribution < -0.4 is 4.74 Å². The topological polar surface area (TPSA) is 45.6 Å². The molecule has 0 atom stereocenters. The molecule has 0 radical (unpaired) electrons. The van der Waals surface area contributed by atoms with E-state index in [0.29, 0.717) is 12.4 Å². The zero-order valence-electron chi connectivity index (χ0n) is 13.6. The lowest BCUT2D eigenvalue weighted by Gasteiger charge is -2.19. The third-order valence-corrected chi connectivity index (χ3v) is 4.15. The molecule has 0 unspecified atom stereocenters. The van der Waals surface area contributed by atoms with E-state index in [1.54, 1.807) is 18.5 Å². The molecule has 3 rings (SSSR count). The summed E-state index contributed by atoms with van der Waals surface area (Å²) in [6.45, 7) is 7.31. The molecule has 4 nitrogen and oxygen atoms in total. The molecule has 0 aliphatic carbocycles. The van der Waals surface area contributed by atoms with Gasteiger partial charge in [-0.15, -0.1) is 0 Å². The largest absolute Gasteiger partial charge is 0.504 e. The van der Waals surface area contributed by atoms with Crippen LogP contribution in [0.5, 0.6) is 11.5 Å². The smallest absolute Gasteiger partial charge is 0.165 e. The number of aromatic nitrogens is 1. The lowest BCUT2D eigenvalue weighted by molar-refractivity contribution is 0.235. The van der Waals surface area contributed by atoms with Gasteiger partial charge in [-0.05, 0) is 37.6 Å². The van der Waals surface area contributed by atoms with E-state index in [1.807, 2.05) is 12.1 Å². The van der Waals surface area contributed by atoms with E-state index in [4.69, 9.17) is 4.74 Å². The van der Waals surface area contributed by atoms with Crippen LogP contribution in [0.3, 0.4) is 0 Å². The Bertz CT molecular complexity index is 711. The van der Waals surface area contributed by atoms with Crippen LogP contribution in [0.1, 0.15) is 19.4 Å². The number of aromatic hydroxyl groups is 1. The zero-order valence-corrected chi connectivity index (χ0v) is 13.6. The van der Waals surface area contributed by atoms with Crippen LogP contribution in [0.25, 0.3) is 11.1 Å². The first-order valence-electron chi connectivity index (χ1n) is 7.90. The third-order valence-electron chi connectivity index (χ3n) is 4.15. The summed E-state index contributed by atoms with van der Waals surface area (Å²) in [5, 5.41) is 10.4. The van der Waals surface area contributed by atoms with Crippen molar-refractivity contribution in [2.45, 2.75) is 20.4 Å². The van der Waals surface area contributed by atoms with Gasteiger partial charge in [0.25, 0.3) is 0 Å². The highest BCUT2D eigenvalue weighted by molar-refractivity contribution is 5.68. The second-order valence-corrected chi connectivity index (χ2v) is 5.92. The second kappa shape index (κ2) is 6.84. The molecule has 2 aromatic rings. The summed E-state index contributed by atoms with van der Waals surface area (Å²) in [5.74, 6) is 0.809. The zero-order chi connectivity index (χ0) is 16.2. The van der Waals surface area contributed by atoms with E-state index >= 15 is 0 Å². The Kier molecular flexibility index (Phi) is 4.63. The maximum Gasteiger partial charge on any atom is 0.165 e. The monoisotopic (exact) mass is 310 g/mol.